The number of hydrogen-bond acceptors (Lipinski definition) is 19. The summed E-state index contributed by atoms with van der Waals surface area (Å²) >= 11 is 1.84. The van der Waals surface area contributed by atoms with Crippen LogP contribution in [-0.4, -0.2) is 215 Å². The zero-order chi connectivity index (χ0) is 45.8. The molecular formula is C39H67N5O18S. The quantitative estimate of drug-likeness (QED) is 0.0341. The monoisotopic (exact) mass is 925 g/mol. The van der Waals surface area contributed by atoms with Gasteiger partial charge < -0.3 is 95.5 Å². The first-order valence-electron chi connectivity index (χ1n) is 21.7. The van der Waals surface area contributed by atoms with Crippen LogP contribution in [0.2, 0.25) is 0 Å². The summed E-state index contributed by atoms with van der Waals surface area (Å²) in [6.07, 6.45) is -15.8. The summed E-state index contributed by atoms with van der Waals surface area (Å²) in [4.78, 5) is 48.7. The van der Waals surface area contributed by atoms with Crippen LogP contribution in [-0.2, 0) is 47.5 Å². The molecule has 12 N–H and O–H groups in total. The van der Waals surface area contributed by atoms with Crippen molar-refractivity contribution in [2.75, 3.05) is 45.8 Å². The van der Waals surface area contributed by atoms with Gasteiger partial charge in [-0.15, -0.1) is 0 Å². The molecule has 0 saturated carbocycles. The lowest BCUT2D eigenvalue weighted by molar-refractivity contribution is -0.382. The van der Waals surface area contributed by atoms with Crippen LogP contribution in [0.3, 0.4) is 0 Å². The van der Waals surface area contributed by atoms with E-state index in [0.29, 0.717) is 37.5 Å². The first-order valence-corrected chi connectivity index (χ1v) is 22.7. The van der Waals surface area contributed by atoms with Gasteiger partial charge in [0, 0.05) is 57.6 Å². The molecule has 18 atom stereocenters. The Hall–Kier alpha value is -2.53. The first-order chi connectivity index (χ1) is 30.2. The Morgan fingerprint density at radius 1 is 0.746 bits per heavy atom. The SMILES string of the molecule is CO[C@@H]1[C@H](O)[C@@H](O[C@H]2O[C@H](C)[C@H](O)[C@H](O)[C@H]2O)[C@H](O[C@H]2[C@@H](O)[C@@H](CO)O[C@H](OCCCCCC(=O)NCCNC(=O)CCCC[C@@H]3SC[C@@H]4NC(=O)N[C@@H]43)[C@@H]2NC(C)=O)O[C@@H]1CO. The summed E-state index contributed by atoms with van der Waals surface area (Å²) in [5.74, 6) is 0.0590. The fraction of sp³-hybridized carbons (Fsp3) is 0.897. The minimum Gasteiger partial charge on any atom is -0.394 e. The van der Waals surface area contributed by atoms with Gasteiger partial charge in [0.15, 0.2) is 18.9 Å². The molecule has 24 heteroatoms. The minimum absolute atomic E-state index is 0.0689. The number of ether oxygens (including phenoxy) is 7. The van der Waals surface area contributed by atoms with E-state index in [1.54, 1.807) is 0 Å². The second kappa shape index (κ2) is 24.8. The maximum atomic E-state index is 12.5. The Labute approximate surface area is 369 Å². The van der Waals surface area contributed by atoms with Crippen molar-refractivity contribution in [3.8, 4) is 0 Å². The summed E-state index contributed by atoms with van der Waals surface area (Å²) in [6, 6.07) is -1.04. The maximum absolute atomic E-state index is 12.5. The molecule has 0 aliphatic carbocycles. The highest BCUT2D eigenvalue weighted by Crippen LogP contribution is 2.35. The number of hydrogen-bond donors (Lipinski definition) is 12. The Morgan fingerprint density at radius 2 is 1.40 bits per heavy atom. The van der Waals surface area contributed by atoms with Gasteiger partial charge >= 0.3 is 6.03 Å². The number of carbonyl (C=O) groups is 4. The van der Waals surface area contributed by atoms with Gasteiger partial charge in [0.2, 0.25) is 17.7 Å². The van der Waals surface area contributed by atoms with E-state index in [2.05, 4.69) is 26.6 Å². The van der Waals surface area contributed by atoms with E-state index in [0.717, 1.165) is 25.0 Å². The van der Waals surface area contributed by atoms with E-state index in [9.17, 15) is 54.9 Å². The summed E-state index contributed by atoms with van der Waals surface area (Å²) in [5, 5.41) is 88.7. The standard InChI is InChI=1S/C39H67N5O18S/c1-18-28(50)30(52)31(53)37(58-18)62-35-32(54)33(56-3)22(16-46)60-38(35)61-34-27(42-19(2)47)36(59-21(15-45)29(34)51)57-14-8-4-5-10-24(48)40-12-13-41-25(49)11-7-6-9-23-26-20(17-63-23)43-39(55)44-26/h18,20-23,26-38,45-46,50-54H,4-17H2,1-3H3,(H,40,48)(H,41,49)(H,42,47)(H2,43,44,55)/t18-,20+,21-,22-,23+,26+,27-,28+,29+,30+,31-,32+,33+,34-,35-,36+,37-,38+/m1/s1. The van der Waals surface area contributed by atoms with Gasteiger partial charge in [0.25, 0.3) is 0 Å². The lowest BCUT2D eigenvalue weighted by Gasteiger charge is -2.49. The molecule has 5 saturated heterocycles. The molecule has 5 heterocycles. The average Bonchev–Trinajstić information content (AvgIpc) is 3.81. The number of nitrogens with one attached hydrogen (secondary N) is 5. The molecule has 0 unspecified atom stereocenters. The van der Waals surface area contributed by atoms with Crippen molar-refractivity contribution < 1.29 is 88.1 Å². The fourth-order valence-corrected chi connectivity index (χ4v) is 9.95. The zero-order valence-electron chi connectivity index (χ0n) is 35.8. The second-order valence-corrected chi connectivity index (χ2v) is 17.8. The van der Waals surface area contributed by atoms with Crippen LogP contribution in [0, 0.1) is 0 Å². The third-order valence-corrected chi connectivity index (χ3v) is 13.4. The van der Waals surface area contributed by atoms with Crippen molar-refractivity contribution in [2.45, 2.75) is 175 Å². The van der Waals surface area contributed by atoms with Gasteiger partial charge in [0.05, 0.1) is 31.4 Å². The van der Waals surface area contributed by atoms with Crippen molar-refractivity contribution in [3.05, 3.63) is 0 Å². The molecular weight excluding hydrogens is 859 g/mol. The van der Waals surface area contributed by atoms with Crippen LogP contribution in [0.4, 0.5) is 4.79 Å². The van der Waals surface area contributed by atoms with Gasteiger partial charge in [-0.3, -0.25) is 14.4 Å². The highest BCUT2D eigenvalue weighted by atomic mass is 32.2. The van der Waals surface area contributed by atoms with E-state index in [1.165, 1.54) is 21.0 Å². The normalized spacial score (nSPS) is 38.9. The molecule has 362 valence electrons. The highest BCUT2D eigenvalue weighted by molar-refractivity contribution is 8.00. The van der Waals surface area contributed by atoms with Crippen LogP contribution in [0.1, 0.15) is 65.2 Å². The third kappa shape index (κ3) is 13.8. The van der Waals surface area contributed by atoms with Crippen LogP contribution in [0.5, 0.6) is 0 Å². The fourth-order valence-electron chi connectivity index (χ4n) is 8.40. The predicted octanol–water partition coefficient (Wildman–Crippen LogP) is -4.20. The van der Waals surface area contributed by atoms with Gasteiger partial charge in [-0.25, -0.2) is 4.79 Å². The van der Waals surface area contributed by atoms with Crippen LogP contribution in [0.25, 0.3) is 0 Å². The molecule has 0 aromatic rings. The number of amides is 5. The molecule has 0 aromatic heterocycles. The lowest BCUT2D eigenvalue weighted by atomic mass is 9.95. The molecule has 0 bridgehead atoms. The van der Waals surface area contributed by atoms with E-state index in [4.69, 9.17) is 33.2 Å². The van der Waals surface area contributed by atoms with E-state index in [1.807, 2.05) is 11.8 Å². The number of methoxy groups -OCH3 is 1. The Balaban J connectivity index is 1.06. The topological polar surface area (TPSA) is 335 Å². The molecule has 23 nitrogen and oxygen atoms in total. The minimum atomic E-state index is -1.79. The number of aliphatic hydroxyl groups excluding tert-OH is 7. The molecule has 0 radical (unpaired) electrons. The molecule has 5 amide bonds. The molecule has 0 spiro atoms. The number of fused-ring (bicyclic) bond motifs is 1. The summed E-state index contributed by atoms with van der Waals surface area (Å²) < 4.78 is 40.9. The lowest BCUT2D eigenvalue weighted by Crippen LogP contribution is -2.69. The van der Waals surface area contributed by atoms with Crippen molar-refractivity contribution in [2.24, 2.45) is 0 Å². The van der Waals surface area contributed by atoms with E-state index >= 15 is 0 Å². The number of carbonyl (C=O) groups excluding carboxylic acids is 4. The van der Waals surface area contributed by atoms with E-state index in [-0.39, 0.29) is 49.5 Å². The molecule has 5 aliphatic heterocycles. The molecule has 5 fully saturated rings. The Bertz CT molecular complexity index is 1480. The maximum Gasteiger partial charge on any atom is 0.315 e. The largest absolute Gasteiger partial charge is 0.394 e. The number of urea groups is 1. The Kier molecular flexibility index (Phi) is 20.3. The second-order valence-electron chi connectivity index (χ2n) is 16.5. The molecule has 63 heavy (non-hydrogen) atoms. The summed E-state index contributed by atoms with van der Waals surface area (Å²) in [5.41, 5.74) is 0. The molecule has 0 aromatic carbocycles. The smallest absolute Gasteiger partial charge is 0.315 e. The van der Waals surface area contributed by atoms with Crippen molar-refractivity contribution in [3.63, 3.8) is 0 Å². The van der Waals surface area contributed by atoms with Crippen molar-refractivity contribution in [1.82, 2.24) is 26.6 Å². The molecule has 5 rings (SSSR count). The zero-order valence-corrected chi connectivity index (χ0v) is 36.6. The number of unbranched alkanes of at least 4 members (excludes halogenated alkanes) is 3. The van der Waals surface area contributed by atoms with Crippen LogP contribution >= 0.6 is 11.8 Å². The van der Waals surface area contributed by atoms with Crippen molar-refractivity contribution in [1.29, 1.82) is 0 Å². The third-order valence-electron chi connectivity index (χ3n) is 11.9. The summed E-state index contributed by atoms with van der Waals surface area (Å²) in [6.45, 7) is 1.93. The summed E-state index contributed by atoms with van der Waals surface area (Å²) in [7, 11) is 1.25. The molecule has 5 aliphatic rings. The van der Waals surface area contributed by atoms with E-state index < -0.39 is 111 Å². The van der Waals surface area contributed by atoms with Gasteiger partial charge in [-0.2, -0.15) is 11.8 Å². The van der Waals surface area contributed by atoms with Crippen molar-refractivity contribution >= 4 is 35.5 Å². The first kappa shape index (κ1) is 51.5. The number of aliphatic hydroxyl groups is 7. The Morgan fingerprint density at radius 3 is 2.05 bits per heavy atom. The van der Waals surface area contributed by atoms with Crippen LogP contribution in [0.15, 0.2) is 0 Å². The van der Waals surface area contributed by atoms with Gasteiger partial charge in [0.1, 0.15) is 67.1 Å². The average molecular weight is 926 g/mol. The van der Waals surface area contributed by atoms with Gasteiger partial charge in [-0.05, 0) is 32.6 Å². The van der Waals surface area contributed by atoms with Gasteiger partial charge in [-0.1, -0.05) is 12.8 Å². The number of thioether (sulfide) groups is 1. The predicted molar refractivity (Wildman–Crippen MR) is 218 cm³/mol. The van der Waals surface area contributed by atoms with Crippen LogP contribution < -0.4 is 26.6 Å². The number of rotatable bonds is 23. The highest BCUT2D eigenvalue weighted by Gasteiger charge is 2.54.